The van der Waals surface area contributed by atoms with Crippen molar-refractivity contribution in [1.82, 2.24) is 20.2 Å². The largest absolute Gasteiger partial charge is 0.508 e. The van der Waals surface area contributed by atoms with Gasteiger partial charge in [-0.15, -0.1) is 0 Å². The van der Waals surface area contributed by atoms with Crippen LogP contribution in [0.3, 0.4) is 0 Å². The van der Waals surface area contributed by atoms with Crippen LogP contribution in [-0.4, -0.2) is 118 Å². The fourth-order valence-electron chi connectivity index (χ4n) is 14.0. The molecule has 1 amide bonds. The minimum atomic E-state index is -2.49. The number of aliphatic hydroxyl groups excluding tert-OH is 4. The van der Waals surface area contributed by atoms with E-state index in [1.54, 1.807) is 19.1 Å². The van der Waals surface area contributed by atoms with Gasteiger partial charge in [-0.05, 0) is 98.2 Å². The molecule has 3 fully saturated rings. The lowest BCUT2D eigenvalue weighted by Crippen LogP contribution is -2.70. The van der Waals surface area contributed by atoms with E-state index in [0.29, 0.717) is 63.0 Å². The number of aryl methyl sites for hydroxylation is 2. The van der Waals surface area contributed by atoms with E-state index in [2.05, 4.69) is 45.3 Å². The number of nitrogens with zero attached hydrogens (tertiary/aromatic N) is 1. The summed E-state index contributed by atoms with van der Waals surface area (Å²) in [6.07, 6.45) is 7.08. The molecule has 17 heteroatoms. The highest BCUT2D eigenvalue weighted by atomic mass is 17.2. The molecule has 6 heterocycles. The van der Waals surface area contributed by atoms with Crippen LogP contribution in [0.15, 0.2) is 93.9 Å². The molecule has 10 N–H and O–H groups in total. The van der Waals surface area contributed by atoms with E-state index in [9.17, 15) is 45.3 Å². The molecule has 17 nitrogen and oxygen atoms in total. The quantitative estimate of drug-likeness (QED) is 0.0566. The number of amides is 1. The van der Waals surface area contributed by atoms with Gasteiger partial charge in [0.2, 0.25) is 5.91 Å². The number of aliphatic hydroxyl groups is 5. The summed E-state index contributed by atoms with van der Waals surface area (Å²) in [5.41, 5.74) is 0.723. The highest BCUT2D eigenvalue weighted by molar-refractivity contribution is 5.93. The van der Waals surface area contributed by atoms with Crippen LogP contribution in [-0.2, 0) is 33.8 Å². The maximum absolute atomic E-state index is 14.2. The minimum Gasteiger partial charge on any atom is -0.508 e. The summed E-state index contributed by atoms with van der Waals surface area (Å²) in [5, 5.41) is 88.8. The first kappa shape index (κ1) is 48.9. The van der Waals surface area contributed by atoms with Crippen molar-refractivity contribution in [2.24, 2.45) is 23.7 Å². The number of phenols is 2. The van der Waals surface area contributed by atoms with Crippen molar-refractivity contribution in [2.75, 3.05) is 13.2 Å². The van der Waals surface area contributed by atoms with Crippen molar-refractivity contribution in [2.45, 2.75) is 132 Å². The van der Waals surface area contributed by atoms with Crippen molar-refractivity contribution >= 4 is 38.6 Å². The lowest BCUT2D eigenvalue weighted by molar-refractivity contribution is -0.405. The van der Waals surface area contributed by atoms with Gasteiger partial charge in [0.1, 0.15) is 59.1 Å². The first-order valence-corrected chi connectivity index (χ1v) is 26.2. The highest BCUT2D eigenvalue weighted by Gasteiger charge is 2.66. The van der Waals surface area contributed by atoms with E-state index in [1.165, 1.54) is 30.3 Å². The van der Waals surface area contributed by atoms with Crippen LogP contribution in [0.2, 0.25) is 0 Å². The Labute approximate surface area is 426 Å². The second kappa shape index (κ2) is 18.7. The summed E-state index contributed by atoms with van der Waals surface area (Å²) in [6, 6.07) is 12.6. The summed E-state index contributed by atoms with van der Waals surface area (Å²) in [5.74, 6) is -0.598. The van der Waals surface area contributed by atoms with Gasteiger partial charge in [0.05, 0.1) is 17.5 Å². The van der Waals surface area contributed by atoms with Crippen LogP contribution in [0.4, 0.5) is 0 Å². The molecule has 0 radical (unpaired) electrons. The number of aromatic nitrogens is 2. The molecule has 6 aliphatic rings. The Morgan fingerprint density at radius 3 is 2.54 bits per heavy atom. The number of rotatable bonds is 12. The van der Waals surface area contributed by atoms with E-state index in [-0.39, 0.29) is 72.4 Å². The van der Waals surface area contributed by atoms with Gasteiger partial charge in [-0.1, -0.05) is 49.6 Å². The van der Waals surface area contributed by atoms with E-state index in [4.69, 9.17) is 18.9 Å². The molecule has 12 unspecified atom stereocenters. The average Bonchev–Trinajstić information content (AvgIpc) is 4.22. The molecule has 3 aromatic carbocycles. The maximum atomic E-state index is 14.2. The summed E-state index contributed by atoms with van der Waals surface area (Å²) in [4.78, 5) is 44.4. The van der Waals surface area contributed by atoms with Gasteiger partial charge >= 0.3 is 0 Å². The van der Waals surface area contributed by atoms with Crippen LogP contribution in [0.1, 0.15) is 74.5 Å². The number of allylic oxidation sites excluding steroid dienone is 1. The first-order chi connectivity index (χ1) is 35.7. The predicted molar refractivity (Wildman–Crippen MR) is 273 cm³/mol. The van der Waals surface area contributed by atoms with E-state index in [0.717, 1.165) is 47.9 Å². The van der Waals surface area contributed by atoms with Gasteiger partial charge in [-0.2, -0.15) is 0 Å². The summed E-state index contributed by atoms with van der Waals surface area (Å²) < 4.78 is 16.7. The Kier molecular flexibility index (Phi) is 12.3. The zero-order valence-corrected chi connectivity index (χ0v) is 41.4. The summed E-state index contributed by atoms with van der Waals surface area (Å²) in [7, 11) is 0. The zero-order valence-electron chi connectivity index (χ0n) is 41.4. The van der Waals surface area contributed by atoms with Gasteiger partial charge in [-0.3, -0.25) is 9.59 Å². The molecule has 74 heavy (non-hydrogen) atoms. The molecule has 4 bridgehead atoms. The Morgan fingerprint density at radius 2 is 1.77 bits per heavy atom. The van der Waals surface area contributed by atoms with Crippen LogP contribution < -0.4 is 20.8 Å². The molecule has 390 valence electrons. The van der Waals surface area contributed by atoms with Gasteiger partial charge in [0.15, 0.2) is 22.4 Å². The van der Waals surface area contributed by atoms with Gasteiger partial charge in [0, 0.05) is 90.2 Å². The lowest BCUT2D eigenvalue weighted by Gasteiger charge is -2.59. The Hall–Kier alpha value is -6.02. The number of aromatic hydroxyl groups is 2. The minimum absolute atomic E-state index is 0.00389. The Morgan fingerprint density at radius 1 is 0.946 bits per heavy atom. The number of carbonyl (C=O) groups excluding carboxylic acids is 1. The average molecular weight is 1010 g/mol. The molecule has 3 aromatic heterocycles. The third-order valence-electron chi connectivity index (χ3n) is 17.5. The van der Waals surface area contributed by atoms with E-state index in [1.807, 2.05) is 18.5 Å². The molecule has 1 spiro atoms. The van der Waals surface area contributed by atoms with Gasteiger partial charge in [0.25, 0.3) is 0 Å². The van der Waals surface area contributed by atoms with Crippen LogP contribution in [0, 0.1) is 30.6 Å². The zero-order chi connectivity index (χ0) is 51.4. The molecule has 12 rings (SSSR count). The Balaban J connectivity index is 1.08. The van der Waals surface area contributed by atoms with Crippen molar-refractivity contribution in [1.29, 1.82) is 0 Å². The normalized spacial score (nSPS) is 28.9. The van der Waals surface area contributed by atoms with Crippen molar-refractivity contribution in [3.63, 3.8) is 0 Å². The smallest absolute Gasteiger partial charge is 0.220 e. The number of hydrogen-bond donors (Lipinski definition) is 10. The number of benzene rings is 3. The molecule has 12 atom stereocenters. The maximum Gasteiger partial charge on any atom is 0.220 e. The fourth-order valence-corrected chi connectivity index (χ4v) is 14.0. The van der Waals surface area contributed by atoms with Gasteiger partial charge < -0.3 is 65.1 Å². The Bertz CT molecular complexity index is 3300. The number of hydrogen-bond acceptors (Lipinski definition) is 14. The number of fused-ring (bicyclic) bond motifs is 4. The van der Waals surface area contributed by atoms with Crippen LogP contribution in [0.25, 0.3) is 38.3 Å². The van der Waals surface area contributed by atoms with E-state index >= 15 is 0 Å². The standard InChI is InChI=1S/C57H64N4O13/c1-3-43-37-16-17-58-42(37)26-61(43)51-53-31(19-39-45(65)18-28(2)71-54(39)51)21-48-57(72-53)40-13-12-35(32-22-49(67)59-25-32)50(57)29(20-41(40)60-33-6-4-5-7-33)9-15-47(73-74-48)56(70,55(69)52(68)46(66)27-62)24-30-8-14-44(64)36-11-10-34(63)23-38(30)36/h8,10-14,16-20,23,26,32-33,35,40-41,46-48,50,52,55,58,60,62-64,66,68-70H,3-7,9,15,21-22,24-25,27H2,1-2H3,(H,59,67). The summed E-state index contributed by atoms with van der Waals surface area (Å²) >= 11 is 0. The van der Waals surface area contributed by atoms with Crippen LogP contribution in [0.5, 0.6) is 17.2 Å². The molecular weight excluding hydrogens is 949 g/mol. The number of nitrogens with one attached hydrogen (secondary N) is 3. The second-order valence-electron chi connectivity index (χ2n) is 21.8. The predicted octanol–water partition coefficient (Wildman–Crippen LogP) is 5.10. The number of phenolic OH excluding ortho intramolecular Hbond substituents is 2. The van der Waals surface area contributed by atoms with E-state index < -0.39 is 66.6 Å². The highest BCUT2D eigenvalue weighted by Crippen LogP contribution is 2.60. The van der Waals surface area contributed by atoms with Crippen molar-refractivity contribution < 1.29 is 59.5 Å². The topological polar surface area (TPSA) is 261 Å². The number of H-pyrrole nitrogens is 1. The number of ether oxygens (including phenoxy) is 1. The monoisotopic (exact) mass is 1010 g/mol. The molecular formula is C57H64N4O13. The molecule has 2 saturated heterocycles. The molecule has 3 aliphatic carbocycles. The first-order valence-electron chi connectivity index (χ1n) is 26.2. The van der Waals surface area contributed by atoms with Crippen molar-refractivity contribution in [3.05, 3.63) is 118 Å². The van der Waals surface area contributed by atoms with Gasteiger partial charge in [-0.25, -0.2) is 9.78 Å². The third kappa shape index (κ3) is 7.80. The molecule has 1 saturated carbocycles. The number of carbonyl (C=O) groups is 1. The lowest BCUT2D eigenvalue weighted by atomic mass is 9.53. The third-order valence-corrected chi connectivity index (χ3v) is 17.5. The second-order valence-corrected chi connectivity index (χ2v) is 21.8. The fraction of sp³-hybridized carbons (Fsp3) is 0.474. The molecule has 6 aromatic rings. The molecule has 3 aliphatic heterocycles. The summed E-state index contributed by atoms with van der Waals surface area (Å²) in [6.45, 7) is 3.34. The van der Waals surface area contributed by atoms with Crippen molar-refractivity contribution in [3.8, 4) is 22.9 Å². The number of aromatic amines is 1. The van der Waals surface area contributed by atoms with Crippen LogP contribution >= 0.6 is 0 Å². The SMILES string of the molecule is CCc1c2cc[nH]c2cn1-c1c2c(cc3c(=O)cc(C)oc13)CC1OOC(C(O)(Cc3ccc(O)c4ccc(O)cc34)C(O)C(O)C(O)CO)CCC3=CC(NC4CCCC4)C4C=CC(C5CNC(=O)C5)C3C14O2.